The Bertz CT molecular complexity index is 331. The highest BCUT2D eigenvalue weighted by molar-refractivity contribution is 5.36. The third kappa shape index (κ3) is 2.96. The van der Waals surface area contributed by atoms with Gasteiger partial charge in [-0.15, -0.1) is 0 Å². The van der Waals surface area contributed by atoms with Crippen LogP contribution in [0.15, 0.2) is 18.2 Å². The van der Waals surface area contributed by atoms with Crippen molar-refractivity contribution in [3.05, 3.63) is 29.3 Å². The Morgan fingerprint density at radius 1 is 1.40 bits per heavy atom. The van der Waals surface area contributed by atoms with Crippen molar-refractivity contribution in [2.24, 2.45) is 5.92 Å². The summed E-state index contributed by atoms with van der Waals surface area (Å²) in [5.74, 6) is 1.92. The van der Waals surface area contributed by atoms with Gasteiger partial charge in [0.05, 0.1) is 7.11 Å². The van der Waals surface area contributed by atoms with Gasteiger partial charge >= 0.3 is 0 Å². The molecular weight excluding hydrogens is 186 g/mol. The van der Waals surface area contributed by atoms with Gasteiger partial charge in [-0.25, -0.2) is 0 Å². The van der Waals surface area contributed by atoms with Crippen LogP contribution in [0.2, 0.25) is 0 Å². The summed E-state index contributed by atoms with van der Waals surface area (Å²) in [6.45, 7) is 4.18. The first-order valence-corrected chi connectivity index (χ1v) is 5.64. The first-order chi connectivity index (χ1) is 7.29. The van der Waals surface area contributed by atoms with E-state index < -0.39 is 0 Å². The molecule has 1 fully saturated rings. The topological polar surface area (TPSA) is 21.3 Å². The van der Waals surface area contributed by atoms with Gasteiger partial charge in [-0.3, -0.25) is 0 Å². The molecule has 15 heavy (non-hydrogen) atoms. The molecule has 0 radical (unpaired) electrons. The first kappa shape index (κ1) is 10.5. The third-order valence-corrected chi connectivity index (χ3v) is 2.88. The van der Waals surface area contributed by atoms with Crippen molar-refractivity contribution < 1.29 is 4.74 Å². The van der Waals surface area contributed by atoms with Gasteiger partial charge < -0.3 is 10.1 Å². The zero-order chi connectivity index (χ0) is 10.7. The molecule has 0 unspecified atom stereocenters. The van der Waals surface area contributed by atoms with E-state index in [2.05, 4.69) is 24.4 Å². The summed E-state index contributed by atoms with van der Waals surface area (Å²) < 4.78 is 5.33. The Morgan fingerprint density at radius 3 is 2.87 bits per heavy atom. The Balaban J connectivity index is 1.94. The lowest BCUT2D eigenvalue weighted by atomic mass is 10.1. The van der Waals surface area contributed by atoms with Crippen molar-refractivity contribution in [3.8, 4) is 5.75 Å². The van der Waals surface area contributed by atoms with Gasteiger partial charge in [-0.2, -0.15) is 0 Å². The number of ether oxygens (including phenoxy) is 1. The van der Waals surface area contributed by atoms with Crippen molar-refractivity contribution >= 4 is 0 Å². The van der Waals surface area contributed by atoms with Crippen LogP contribution in [0.3, 0.4) is 0 Å². The third-order valence-electron chi connectivity index (χ3n) is 2.88. The van der Waals surface area contributed by atoms with Crippen molar-refractivity contribution in [3.63, 3.8) is 0 Å². The van der Waals surface area contributed by atoms with Crippen LogP contribution in [0.5, 0.6) is 5.75 Å². The molecule has 2 nitrogen and oxygen atoms in total. The highest BCUT2D eigenvalue weighted by Gasteiger charge is 2.20. The predicted octanol–water partition coefficient (Wildman–Crippen LogP) is 2.50. The molecule has 0 aliphatic heterocycles. The summed E-state index contributed by atoms with van der Waals surface area (Å²) in [5.41, 5.74) is 2.55. The van der Waals surface area contributed by atoms with Gasteiger partial charge in [0.2, 0.25) is 0 Å². The number of benzene rings is 1. The van der Waals surface area contributed by atoms with Crippen molar-refractivity contribution in [1.82, 2.24) is 5.32 Å². The maximum atomic E-state index is 5.33. The van der Waals surface area contributed by atoms with Crippen LogP contribution in [-0.2, 0) is 6.54 Å². The molecule has 0 aromatic heterocycles. The van der Waals surface area contributed by atoms with E-state index in [-0.39, 0.29) is 0 Å². The highest BCUT2D eigenvalue weighted by Crippen LogP contribution is 2.28. The second kappa shape index (κ2) is 4.67. The van der Waals surface area contributed by atoms with Crippen LogP contribution >= 0.6 is 0 Å². The quantitative estimate of drug-likeness (QED) is 0.797. The van der Waals surface area contributed by atoms with Crippen molar-refractivity contribution in [2.45, 2.75) is 26.3 Å². The molecule has 0 amide bonds. The second-order valence-corrected chi connectivity index (χ2v) is 4.39. The van der Waals surface area contributed by atoms with E-state index in [1.165, 1.54) is 24.0 Å². The monoisotopic (exact) mass is 205 g/mol. The lowest BCUT2D eigenvalue weighted by molar-refractivity contribution is 0.407. The number of nitrogens with one attached hydrogen (secondary N) is 1. The van der Waals surface area contributed by atoms with Crippen LogP contribution < -0.4 is 10.1 Å². The molecule has 1 saturated carbocycles. The fourth-order valence-corrected chi connectivity index (χ4v) is 1.78. The van der Waals surface area contributed by atoms with E-state index in [1.807, 2.05) is 6.07 Å². The minimum Gasteiger partial charge on any atom is -0.496 e. The highest BCUT2D eigenvalue weighted by atomic mass is 16.5. The maximum Gasteiger partial charge on any atom is 0.123 e. The van der Waals surface area contributed by atoms with Crippen molar-refractivity contribution in [1.29, 1.82) is 0 Å². The molecule has 0 saturated heterocycles. The Kier molecular flexibility index (Phi) is 3.27. The molecule has 2 heteroatoms. The summed E-state index contributed by atoms with van der Waals surface area (Å²) >= 11 is 0. The molecule has 1 aliphatic rings. The van der Waals surface area contributed by atoms with Gasteiger partial charge in [-0.1, -0.05) is 17.7 Å². The maximum absolute atomic E-state index is 5.33. The second-order valence-electron chi connectivity index (χ2n) is 4.39. The lowest BCUT2D eigenvalue weighted by Gasteiger charge is -2.10. The van der Waals surface area contributed by atoms with E-state index in [0.717, 1.165) is 24.8 Å². The molecule has 1 aromatic carbocycles. The van der Waals surface area contributed by atoms with Crippen LogP contribution in [0.4, 0.5) is 0 Å². The van der Waals surface area contributed by atoms with Crippen LogP contribution in [-0.4, -0.2) is 13.7 Å². The van der Waals surface area contributed by atoms with Gasteiger partial charge in [0.25, 0.3) is 0 Å². The largest absolute Gasteiger partial charge is 0.496 e. The van der Waals surface area contributed by atoms with E-state index in [1.54, 1.807) is 7.11 Å². The minimum absolute atomic E-state index is 0.918. The zero-order valence-electron chi connectivity index (χ0n) is 9.55. The SMILES string of the molecule is COc1ccc(C)cc1CNCC1CC1. The molecular formula is C13H19NO. The smallest absolute Gasteiger partial charge is 0.123 e. The molecule has 1 aliphatic carbocycles. The molecule has 82 valence electrons. The fraction of sp³-hybridized carbons (Fsp3) is 0.538. The average molecular weight is 205 g/mol. The van der Waals surface area contributed by atoms with Crippen LogP contribution in [0, 0.1) is 12.8 Å². The Labute approximate surface area is 91.6 Å². The van der Waals surface area contributed by atoms with Gasteiger partial charge in [0.15, 0.2) is 0 Å². The summed E-state index contributed by atoms with van der Waals surface area (Å²) in [6.07, 6.45) is 2.80. The standard InChI is InChI=1S/C13H19NO/c1-10-3-6-13(15-2)12(7-10)9-14-8-11-4-5-11/h3,6-7,11,14H,4-5,8-9H2,1-2H3. The molecule has 0 bridgehead atoms. The van der Waals surface area contributed by atoms with E-state index in [4.69, 9.17) is 4.74 Å². The number of rotatable bonds is 5. The average Bonchev–Trinajstić information content (AvgIpc) is 3.02. The summed E-state index contributed by atoms with van der Waals surface area (Å²) in [7, 11) is 1.73. The number of aryl methyl sites for hydroxylation is 1. The Hall–Kier alpha value is -1.02. The molecule has 2 rings (SSSR count). The predicted molar refractivity (Wildman–Crippen MR) is 62.2 cm³/mol. The number of methoxy groups -OCH3 is 1. The van der Waals surface area contributed by atoms with Gasteiger partial charge in [0, 0.05) is 12.1 Å². The first-order valence-electron chi connectivity index (χ1n) is 5.64. The molecule has 1 N–H and O–H groups in total. The van der Waals surface area contributed by atoms with E-state index in [9.17, 15) is 0 Å². The summed E-state index contributed by atoms with van der Waals surface area (Å²) in [4.78, 5) is 0. The minimum atomic E-state index is 0.918. The van der Waals surface area contributed by atoms with E-state index >= 15 is 0 Å². The van der Waals surface area contributed by atoms with Gasteiger partial charge in [-0.05, 0) is 38.3 Å². The lowest BCUT2D eigenvalue weighted by Crippen LogP contribution is -2.16. The Morgan fingerprint density at radius 2 is 2.20 bits per heavy atom. The zero-order valence-corrected chi connectivity index (χ0v) is 9.55. The van der Waals surface area contributed by atoms with Gasteiger partial charge in [0.1, 0.15) is 5.75 Å². The molecule has 0 heterocycles. The van der Waals surface area contributed by atoms with Crippen LogP contribution in [0.25, 0.3) is 0 Å². The number of hydrogen-bond donors (Lipinski definition) is 1. The molecule has 0 atom stereocenters. The fourth-order valence-electron chi connectivity index (χ4n) is 1.78. The molecule has 0 spiro atoms. The number of hydrogen-bond acceptors (Lipinski definition) is 2. The summed E-state index contributed by atoms with van der Waals surface area (Å²) in [6, 6.07) is 6.32. The summed E-state index contributed by atoms with van der Waals surface area (Å²) in [5, 5.41) is 3.49. The van der Waals surface area contributed by atoms with E-state index in [0.29, 0.717) is 0 Å². The molecule has 1 aromatic rings. The normalized spacial score (nSPS) is 15.3. The van der Waals surface area contributed by atoms with Crippen LogP contribution in [0.1, 0.15) is 24.0 Å². The van der Waals surface area contributed by atoms with Crippen molar-refractivity contribution in [2.75, 3.05) is 13.7 Å².